The molecular weight excluding hydrogens is 264 g/mol. The van der Waals surface area contributed by atoms with Crippen molar-refractivity contribution in [2.75, 3.05) is 38.1 Å². The summed E-state index contributed by atoms with van der Waals surface area (Å²) in [4.78, 5) is 13.6. The highest BCUT2D eigenvalue weighted by molar-refractivity contribution is 5.96. The Morgan fingerprint density at radius 1 is 1.14 bits per heavy atom. The van der Waals surface area contributed by atoms with Gasteiger partial charge >= 0.3 is 0 Å². The van der Waals surface area contributed by atoms with Crippen molar-refractivity contribution in [3.63, 3.8) is 0 Å². The lowest BCUT2D eigenvalue weighted by Gasteiger charge is -2.33. The summed E-state index contributed by atoms with van der Waals surface area (Å²) in [5.74, 6) is 1.01. The van der Waals surface area contributed by atoms with Gasteiger partial charge in [-0.2, -0.15) is 5.26 Å². The third-order valence-electron chi connectivity index (χ3n) is 4.64. The molecule has 4 heterocycles. The number of nitriles is 1. The van der Waals surface area contributed by atoms with Gasteiger partial charge in [0, 0.05) is 38.4 Å². The van der Waals surface area contributed by atoms with Gasteiger partial charge in [0.25, 0.3) is 0 Å². The van der Waals surface area contributed by atoms with Gasteiger partial charge in [-0.3, -0.25) is 0 Å². The maximum Gasteiger partial charge on any atom is 0.147 e. The smallest absolute Gasteiger partial charge is 0.147 e. The molecule has 0 amide bonds. The molecule has 0 spiro atoms. The maximum absolute atomic E-state index is 9.47. The Morgan fingerprint density at radius 2 is 1.95 bits per heavy atom. The zero-order valence-electron chi connectivity index (χ0n) is 12.2. The largest absolute Gasteiger partial charge is 0.353 e. The molecular formula is C15H18N6. The highest BCUT2D eigenvalue weighted by Crippen LogP contribution is 2.35. The molecule has 0 atom stereocenters. The number of hydrogen-bond donors (Lipinski definition) is 0. The van der Waals surface area contributed by atoms with Crippen LogP contribution in [0.4, 0.5) is 5.82 Å². The molecule has 4 rings (SSSR count). The summed E-state index contributed by atoms with van der Waals surface area (Å²) in [6.45, 7) is 4.99. The van der Waals surface area contributed by atoms with Crippen LogP contribution in [0.15, 0.2) is 6.33 Å². The van der Waals surface area contributed by atoms with Crippen molar-refractivity contribution in [3.05, 3.63) is 17.7 Å². The number of aryl methyl sites for hydroxylation is 1. The van der Waals surface area contributed by atoms with Gasteiger partial charge in [0.15, 0.2) is 0 Å². The summed E-state index contributed by atoms with van der Waals surface area (Å²) in [7, 11) is 2.15. The van der Waals surface area contributed by atoms with Crippen LogP contribution in [0.25, 0.3) is 10.9 Å². The first-order chi connectivity index (χ1) is 10.3. The Morgan fingerprint density at radius 3 is 2.71 bits per heavy atom. The molecule has 6 heteroatoms. The van der Waals surface area contributed by atoms with Crippen molar-refractivity contribution in [2.24, 2.45) is 0 Å². The fourth-order valence-electron chi connectivity index (χ4n) is 3.50. The first-order valence-corrected chi connectivity index (χ1v) is 7.49. The Hall–Kier alpha value is -2.13. The molecule has 2 aromatic rings. The number of aromatic nitrogens is 3. The second-order valence-electron chi connectivity index (χ2n) is 5.87. The van der Waals surface area contributed by atoms with Crippen molar-refractivity contribution < 1.29 is 0 Å². The zero-order valence-corrected chi connectivity index (χ0v) is 12.2. The van der Waals surface area contributed by atoms with Gasteiger partial charge in [0.1, 0.15) is 29.4 Å². The summed E-state index contributed by atoms with van der Waals surface area (Å²) in [5.41, 5.74) is 2.78. The zero-order chi connectivity index (χ0) is 14.4. The van der Waals surface area contributed by atoms with E-state index in [1.54, 1.807) is 6.33 Å². The monoisotopic (exact) mass is 282 g/mol. The van der Waals surface area contributed by atoms with E-state index in [4.69, 9.17) is 0 Å². The van der Waals surface area contributed by atoms with E-state index in [0.717, 1.165) is 62.3 Å². The van der Waals surface area contributed by atoms with Gasteiger partial charge in [-0.15, -0.1) is 0 Å². The molecule has 2 aromatic heterocycles. The van der Waals surface area contributed by atoms with Gasteiger partial charge in [-0.25, -0.2) is 9.97 Å². The second kappa shape index (κ2) is 4.71. The molecule has 108 valence electrons. The van der Waals surface area contributed by atoms with Crippen LogP contribution >= 0.6 is 0 Å². The minimum atomic E-state index is 0.704. The standard InChI is InChI=1S/C15H18N6/c1-19-5-7-20(8-6-19)15-13-11-3-2-4-21(11)12(9-16)14(13)17-10-18-15/h10H,2-8H2,1H3. The number of fused-ring (bicyclic) bond motifs is 3. The van der Waals surface area contributed by atoms with Gasteiger partial charge < -0.3 is 14.4 Å². The van der Waals surface area contributed by atoms with Crippen LogP contribution in [0.3, 0.4) is 0 Å². The van der Waals surface area contributed by atoms with Crippen molar-refractivity contribution in [2.45, 2.75) is 19.4 Å². The predicted octanol–water partition coefficient (Wildman–Crippen LogP) is 1.00. The summed E-state index contributed by atoms with van der Waals surface area (Å²) in [6, 6.07) is 2.33. The Kier molecular flexibility index (Phi) is 2.82. The van der Waals surface area contributed by atoms with Gasteiger partial charge in [0.2, 0.25) is 0 Å². The maximum atomic E-state index is 9.47. The molecule has 0 aromatic carbocycles. The molecule has 0 radical (unpaired) electrons. The number of nitrogens with zero attached hydrogens (tertiary/aromatic N) is 6. The highest BCUT2D eigenvalue weighted by Gasteiger charge is 2.27. The molecule has 6 nitrogen and oxygen atoms in total. The van der Waals surface area contributed by atoms with Crippen LogP contribution in [0.5, 0.6) is 0 Å². The fraction of sp³-hybridized carbons (Fsp3) is 0.533. The number of likely N-dealkylation sites (N-methyl/N-ethyl adjacent to an activating group) is 1. The lowest BCUT2D eigenvalue weighted by Crippen LogP contribution is -2.44. The van der Waals surface area contributed by atoms with E-state index in [2.05, 4.69) is 37.5 Å². The van der Waals surface area contributed by atoms with Crippen LogP contribution in [0.1, 0.15) is 17.8 Å². The first-order valence-electron chi connectivity index (χ1n) is 7.49. The lowest BCUT2D eigenvalue weighted by atomic mass is 10.1. The summed E-state index contributed by atoms with van der Waals surface area (Å²) < 4.78 is 2.14. The van der Waals surface area contributed by atoms with E-state index in [-0.39, 0.29) is 0 Å². The third kappa shape index (κ3) is 1.81. The van der Waals surface area contributed by atoms with Crippen molar-refractivity contribution in [1.82, 2.24) is 19.4 Å². The lowest BCUT2D eigenvalue weighted by molar-refractivity contribution is 0.312. The van der Waals surface area contributed by atoms with Crippen LogP contribution < -0.4 is 4.90 Å². The summed E-state index contributed by atoms with van der Waals surface area (Å²) in [5, 5.41) is 10.6. The second-order valence-corrected chi connectivity index (χ2v) is 5.87. The molecule has 0 N–H and O–H groups in total. The minimum absolute atomic E-state index is 0.704. The number of piperazine rings is 1. The van der Waals surface area contributed by atoms with Crippen LogP contribution in [-0.2, 0) is 13.0 Å². The van der Waals surface area contributed by atoms with Gasteiger partial charge in [-0.05, 0) is 19.9 Å². The average Bonchev–Trinajstić information content (AvgIpc) is 3.07. The molecule has 0 bridgehead atoms. The third-order valence-corrected chi connectivity index (χ3v) is 4.64. The Balaban J connectivity index is 1.89. The topological polar surface area (TPSA) is 61.0 Å². The fourth-order valence-corrected chi connectivity index (χ4v) is 3.50. The molecule has 0 aliphatic carbocycles. The number of anilines is 1. The average molecular weight is 282 g/mol. The van der Waals surface area contributed by atoms with E-state index in [1.807, 2.05) is 0 Å². The van der Waals surface area contributed by atoms with Crippen molar-refractivity contribution >= 4 is 16.7 Å². The Bertz CT molecular complexity index is 733. The van der Waals surface area contributed by atoms with Crippen LogP contribution in [-0.4, -0.2) is 52.7 Å². The molecule has 21 heavy (non-hydrogen) atoms. The van der Waals surface area contributed by atoms with E-state index < -0.39 is 0 Å². The number of rotatable bonds is 1. The highest BCUT2D eigenvalue weighted by atomic mass is 15.3. The molecule has 0 unspecified atom stereocenters. The number of hydrogen-bond acceptors (Lipinski definition) is 5. The van der Waals surface area contributed by atoms with Crippen molar-refractivity contribution in [1.29, 1.82) is 5.26 Å². The van der Waals surface area contributed by atoms with E-state index in [0.29, 0.717) is 5.69 Å². The summed E-state index contributed by atoms with van der Waals surface area (Å²) in [6.07, 6.45) is 3.73. The first kappa shape index (κ1) is 12.6. The minimum Gasteiger partial charge on any atom is -0.353 e. The van der Waals surface area contributed by atoms with Crippen molar-refractivity contribution in [3.8, 4) is 6.07 Å². The SMILES string of the molecule is CN1CCN(c2ncnc3c(C#N)n4c(c23)CCC4)CC1. The summed E-state index contributed by atoms with van der Waals surface area (Å²) >= 11 is 0. The van der Waals surface area contributed by atoms with Gasteiger partial charge in [-0.1, -0.05) is 0 Å². The normalized spacial score (nSPS) is 19.0. The molecule has 2 aliphatic heterocycles. The molecule has 0 saturated carbocycles. The van der Waals surface area contributed by atoms with E-state index >= 15 is 0 Å². The molecule has 1 saturated heterocycles. The van der Waals surface area contributed by atoms with Gasteiger partial charge in [0.05, 0.1) is 5.39 Å². The van der Waals surface area contributed by atoms with Crippen LogP contribution in [0.2, 0.25) is 0 Å². The molecule has 1 fully saturated rings. The quantitative estimate of drug-likeness (QED) is 0.781. The van der Waals surface area contributed by atoms with E-state index in [1.165, 1.54) is 5.69 Å². The van der Waals surface area contributed by atoms with E-state index in [9.17, 15) is 5.26 Å². The Labute approximate surface area is 123 Å². The van der Waals surface area contributed by atoms with Crippen LogP contribution in [0, 0.1) is 11.3 Å². The molecule has 2 aliphatic rings. The predicted molar refractivity (Wildman–Crippen MR) is 80.3 cm³/mol.